The van der Waals surface area contributed by atoms with Crippen molar-refractivity contribution in [2.24, 2.45) is 5.73 Å². The molecule has 0 rings (SSSR count). The monoisotopic (exact) mass is 495 g/mol. The van der Waals surface area contributed by atoms with Gasteiger partial charge in [-0.05, 0) is 0 Å². The predicted molar refractivity (Wildman–Crippen MR) is 62.2 cm³/mol. The van der Waals surface area contributed by atoms with Gasteiger partial charge in [-0.15, -0.1) is 0 Å². The van der Waals surface area contributed by atoms with E-state index < -0.39 is 71.0 Å². The highest BCUT2D eigenvalue weighted by atomic mass is 32.2. The zero-order valence-electron chi connectivity index (χ0n) is 12.8. The summed E-state index contributed by atoms with van der Waals surface area (Å²) in [5.41, 5.74) is 4.55. The van der Waals surface area contributed by atoms with E-state index in [-0.39, 0.29) is 0 Å². The van der Waals surface area contributed by atoms with Gasteiger partial charge < -0.3 is 5.73 Å². The Morgan fingerprint density at radius 3 is 1.00 bits per heavy atom. The quantitative estimate of drug-likeness (QED) is 0.419. The van der Waals surface area contributed by atoms with Crippen molar-refractivity contribution in [1.29, 1.82) is 0 Å². The van der Waals surface area contributed by atoms with Crippen LogP contribution >= 0.6 is 11.8 Å². The minimum absolute atomic E-state index is 0.996. The molecule has 0 aromatic carbocycles. The van der Waals surface area contributed by atoms with Crippen LogP contribution in [0.1, 0.15) is 0 Å². The third kappa shape index (κ3) is 3.80. The molecule has 1 nitrogen and oxygen atoms in total. The van der Waals surface area contributed by atoms with Gasteiger partial charge in [-0.3, -0.25) is 0 Å². The molecule has 0 unspecified atom stereocenters. The third-order valence-corrected chi connectivity index (χ3v) is 4.15. The highest BCUT2D eigenvalue weighted by Gasteiger charge is 2.95. The normalized spacial score (nSPS) is 16.3. The fourth-order valence-electron chi connectivity index (χ4n) is 1.43. The average Bonchev–Trinajstić information content (AvgIpc) is 2.50. The first-order chi connectivity index (χ1) is 12.3. The molecule has 2 N–H and O–H groups in total. The highest BCUT2D eigenvalue weighted by molar-refractivity contribution is 8.00. The molecule has 0 radical (unpaired) electrons. The summed E-state index contributed by atoms with van der Waals surface area (Å²) < 4.78 is 218. The Kier molecular flexibility index (Phi) is 7.14. The Morgan fingerprint density at radius 2 is 0.724 bits per heavy atom. The number of halogens is 17. The lowest BCUT2D eigenvalue weighted by Crippen LogP contribution is -2.74. The summed E-state index contributed by atoms with van der Waals surface area (Å²) in [5, 5.41) is -6.42. The first-order valence-electron chi connectivity index (χ1n) is 6.36. The number of rotatable bonds is 9. The van der Waals surface area contributed by atoms with Crippen LogP contribution in [0.3, 0.4) is 0 Å². The lowest BCUT2D eigenvalue weighted by atomic mass is 9.91. The molecule has 0 heterocycles. The smallest absolute Gasteiger partial charge is 0.330 e. The van der Waals surface area contributed by atoms with Crippen LogP contribution in [0.15, 0.2) is 0 Å². The first kappa shape index (κ1) is 28.1. The highest BCUT2D eigenvalue weighted by Crippen LogP contribution is 2.64. The van der Waals surface area contributed by atoms with E-state index in [0.29, 0.717) is 0 Å². The number of hydrogen-bond acceptors (Lipinski definition) is 2. The van der Waals surface area contributed by atoms with Crippen molar-refractivity contribution in [2.45, 2.75) is 47.0 Å². The maximum Gasteiger partial charge on any atom is 0.460 e. The Hall–Kier alpha value is -0.880. The van der Waals surface area contributed by atoms with Crippen LogP contribution in [0.4, 0.5) is 74.6 Å². The summed E-state index contributed by atoms with van der Waals surface area (Å²) in [4.78, 5) is 0. The van der Waals surface area contributed by atoms with E-state index in [0.717, 1.165) is 0 Å². The van der Waals surface area contributed by atoms with E-state index in [2.05, 4.69) is 5.73 Å². The second kappa shape index (κ2) is 7.37. The second-order valence-corrected chi connectivity index (χ2v) is 6.31. The summed E-state index contributed by atoms with van der Waals surface area (Å²) in [7, 11) is 0. The second-order valence-electron chi connectivity index (χ2n) is 5.10. The minimum atomic E-state index is -8.60. The van der Waals surface area contributed by atoms with Gasteiger partial charge in [-0.1, -0.05) is 11.8 Å². The van der Waals surface area contributed by atoms with Crippen molar-refractivity contribution < 1.29 is 74.6 Å². The Morgan fingerprint density at radius 1 is 0.448 bits per heavy atom. The average molecular weight is 495 g/mol. The summed E-state index contributed by atoms with van der Waals surface area (Å²) >= 11 is -1.63. The van der Waals surface area contributed by atoms with Gasteiger partial charge in [0.2, 0.25) is 0 Å². The van der Waals surface area contributed by atoms with Crippen LogP contribution in [0.2, 0.25) is 0 Å². The maximum absolute atomic E-state index is 13.2. The van der Waals surface area contributed by atoms with Crippen LogP contribution in [-0.2, 0) is 0 Å². The molecule has 0 aliphatic heterocycles. The molecule has 0 bridgehead atoms. The Balaban J connectivity index is 6.57. The van der Waals surface area contributed by atoms with Crippen LogP contribution in [0.5, 0.6) is 0 Å². The van der Waals surface area contributed by atoms with Gasteiger partial charge in [-0.25, -0.2) is 0 Å². The van der Waals surface area contributed by atoms with Gasteiger partial charge in [-0.2, -0.15) is 74.6 Å². The van der Waals surface area contributed by atoms with E-state index >= 15 is 0 Å². The molecule has 0 amide bonds. The largest absolute Gasteiger partial charge is 0.460 e. The van der Waals surface area contributed by atoms with Crippen molar-refractivity contribution >= 4 is 11.8 Å². The maximum atomic E-state index is 13.2. The van der Waals surface area contributed by atoms with E-state index in [1.165, 1.54) is 0 Å². The topological polar surface area (TPSA) is 26.0 Å². The molecule has 0 spiro atoms. The molecular weight excluding hydrogens is 489 g/mol. The number of hydrogen-bond donors (Lipinski definition) is 1. The molecule has 0 saturated carbocycles. The molecule has 0 aromatic heterocycles. The number of nitrogens with two attached hydrogens (primary N) is 1. The van der Waals surface area contributed by atoms with Crippen LogP contribution < -0.4 is 5.73 Å². The van der Waals surface area contributed by atoms with Gasteiger partial charge in [0, 0.05) is 12.3 Å². The van der Waals surface area contributed by atoms with Crippen molar-refractivity contribution in [3.63, 3.8) is 0 Å². The minimum Gasteiger partial charge on any atom is -0.330 e. The lowest BCUT2D eigenvalue weighted by molar-refractivity contribution is -0.458. The fourth-order valence-corrected chi connectivity index (χ4v) is 2.11. The number of alkyl halides is 17. The zero-order valence-corrected chi connectivity index (χ0v) is 13.6. The standard InChI is InChI=1S/C10H6F17NS/c11-3(12,5(15,16)7(19,20)9(23,24)25)4(13,14)6(17,18)8(21,22)10(26,27)29-2-1-28/h1-2,28H2. The van der Waals surface area contributed by atoms with E-state index in [9.17, 15) is 74.6 Å². The lowest BCUT2D eigenvalue weighted by Gasteiger charge is -2.42. The number of thioether (sulfide) groups is 1. The van der Waals surface area contributed by atoms with Crippen LogP contribution in [0.25, 0.3) is 0 Å². The molecule has 0 fully saturated rings. The first-order valence-corrected chi connectivity index (χ1v) is 7.35. The van der Waals surface area contributed by atoms with Crippen LogP contribution in [0, 0.1) is 0 Å². The van der Waals surface area contributed by atoms with Gasteiger partial charge in [0.1, 0.15) is 0 Å². The molecule has 0 aliphatic rings. The summed E-state index contributed by atoms with van der Waals surface area (Å²) in [5.74, 6) is -51.1. The van der Waals surface area contributed by atoms with Gasteiger partial charge in [0.05, 0.1) is 0 Å². The van der Waals surface area contributed by atoms with Crippen molar-refractivity contribution in [1.82, 2.24) is 0 Å². The molecule has 19 heteroatoms. The SMILES string of the molecule is NCCSC(F)(F)C(F)(F)C(F)(F)C(F)(F)C(F)(F)C(F)(F)C(F)(F)C(F)(F)F. The molecule has 176 valence electrons. The van der Waals surface area contributed by atoms with Crippen LogP contribution in [-0.4, -0.2) is 59.3 Å². The molecular formula is C10H6F17NS. The van der Waals surface area contributed by atoms with E-state index in [1.54, 1.807) is 0 Å². The van der Waals surface area contributed by atoms with Gasteiger partial charge in [0.15, 0.2) is 0 Å². The van der Waals surface area contributed by atoms with Crippen molar-refractivity contribution in [2.75, 3.05) is 12.3 Å². The molecule has 29 heavy (non-hydrogen) atoms. The summed E-state index contributed by atoms with van der Waals surface area (Å²) in [6.07, 6.45) is -7.76. The van der Waals surface area contributed by atoms with Gasteiger partial charge in [0.25, 0.3) is 0 Å². The Labute approximate surface area is 152 Å². The molecule has 0 saturated heterocycles. The molecule has 0 aromatic rings. The summed E-state index contributed by atoms with van der Waals surface area (Å²) in [6, 6.07) is 0. The predicted octanol–water partition coefficient (Wildman–Crippen LogP) is 5.65. The van der Waals surface area contributed by atoms with E-state index in [1.807, 2.05) is 0 Å². The summed E-state index contributed by atoms with van der Waals surface area (Å²) in [6.45, 7) is -0.996. The molecule has 0 aliphatic carbocycles. The van der Waals surface area contributed by atoms with E-state index in [4.69, 9.17) is 0 Å². The zero-order chi connectivity index (χ0) is 24.1. The third-order valence-electron chi connectivity index (χ3n) is 3.09. The van der Waals surface area contributed by atoms with Crippen molar-refractivity contribution in [3.05, 3.63) is 0 Å². The van der Waals surface area contributed by atoms with Crippen molar-refractivity contribution in [3.8, 4) is 0 Å². The fraction of sp³-hybridized carbons (Fsp3) is 1.00. The molecule has 0 atom stereocenters. The van der Waals surface area contributed by atoms with Gasteiger partial charge >= 0.3 is 47.0 Å². The Bertz CT molecular complexity index is 579.